The van der Waals surface area contributed by atoms with E-state index in [9.17, 15) is 4.79 Å². The maximum atomic E-state index is 12.5. The summed E-state index contributed by atoms with van der Waals surface area (Å²) in [7, 11) is 1.53. The fourth-order valence-corrected chi connectivity index (χ4v) is 2.23. The van der Waals surface area contributed by atoms with Crippen molar-refractivity contribution in [1.82, 2.24) is 9.97 Å². The van der Waals surface area contributed by atoms with Gasteiger partial charge < -0.3 is 10.1 Å². The number of carbonyl (C=O) groups is 1. The molecule has 22 heavy (non-hydrogen) atoms. The summed E-state index contributed by atoms with van der Waals surface area (Å²) in [6.07, 6.45) is 1.56. The normalized spacial score (nSPS) is 10.6. The van der Waals surface area contributed by atoms with Gasteiger partial charge in [-0.2, -0.15) is 0 Å². The molecule has 0 radical (unpaired) electrons. The molecule has 2 aromatic rings. The van der Waals surface area contributed by atoms with E-state index in [2.05, 4.69) is 15.3 Å². The zero-order valence-electron chi connectivity index (χ0n) is 13.0. The first-order valence-corrected chi connectivity index (χ1v) is 7.28. The topological polar surface area (TPSA) is 64.1 Å². The lowest BCUT2D eigenvalue weighted by Crippen LogP contribution is -2.17. The molecule has 0 bridgehead atoms. The molecule has 5 nitrogen and oxygen atoms in total. The summed E-state index contributed by atoms with van der Waals surface area (Å²) >= 11 is 5.98. The number of amides is 1. The first-order valence-electron chi connectivity index (χ1n) is 6.90. The highest BCUT2D eigenvalue weighted by molar-refractivity contribution is 6.32. The van der Waals surface area contributed by atoms with E-state index in [1.54, 1.807) is 31.3 Å². The van der Waals surface area contributed by atoms with Gasteiger partial charge in [0.15, 0.2) is 0 Å². The lowest BCUT2D eigenvalue weighted by molar-refractivity contribution is 0.102. The number of halogens is 1. The van der Waals surface area contributed by atoms with Gasteiger partial charge in [-0.15, -0.1) is 0 Å². The van der Waals surface area contributed by atoms with Crippen molar-refractivity contribution in [3.63, 3.8) is 0 Å². The minimum absolute atomic E-state index is 0.127. The van der Waals surface area contributed by atoms with Crippen molar-refractivity contribution in [1.29, 1.82) is 0 Å². The van der Waals surface area contributed by atoms with Crippen LogP contribution < -0.4 is 10.1 Å². The number of aromatic nitrogens is 2. The van der Waals surface area contributed by atoms with Gasteiger partial charge in [0.1, 0.15) is 11.6 Å². The quantitative estimate of drug-likeness (QED) is 0.930. The first-order chi connectivity index (χ1) is 10.4. The highest BCUT2D eigenvalue weighted by Crippen LogP contribution is 2.28. The first kappa shape index (κ1) is 16.2. The molecule has 1 amide bonds. The number of carbonyl (C=O) groups excluding carboxylic acids is 1. The van der Waals surface area contributed by atoms with E-state index in [1.807, 2.05) is 13.8 Å². The number of ether oxygens (including phenoxy) is 1. The lowest BCUT2D eigenvalue weighted by atomic mass is 10.0. The molecule has 0 unspecified atom stereocenters. The van der Waals surface area contributed by atoms with Crippen molar-refractivity contribution >= 4 is 23.2 Å². The molecule has 0 saturated heterocycles. The monoisotopic (exact) mass is 319 g/mol. The Morgan fingerprint density at radius 3 is 2.73 bits per heavy atom. The Balaban J connectivity index is 2.30. The lowest BCUT2D eigenvalue weighted by Gasteiger charge is -2.13. The summed E-state index contributed by atoms with van der Waals surface area (Å²) in [5, 5.41) is 3.31. The van der Waals surface area contributed by atoms with Crippen molar-refractivity contribution in [3.8, 4) is 5.75 Å². The van der Waals surface area contributed by atoms with Crippen LogP contribution in [-0.4, -0.2) is 23.0 Å². The Morgan fingerprint density at radius 2 is 2.09 bits per heavy atom. The third-order valence-corrected chi connectivity index (χ3v) is 3.45. The fourth-order valence-electron chi connectivity index (χ4n) is 2.04. The standard InChI is InChI=1S/C16H18ClN3O2/c1-9(2)15-12(8-18-10(3)19-15)16(21)20-11-5-6-13(17)14(7-11)22-4/h5-9H,1-4H3,(H,20,21). The summed E-state index contributed by atoms with van der Waals surface area (Å²) in [5.74, 6) is 1.02. The third kappa shape index (κ3) is 3.54. The minimum atomic E-state index is -0.256. The predicted molar refractivity (Wildman–Crippen MR) is 86.8 cm³/mol. The average Bonchev–Trinajstić information content (AvgIpc) is 2.48. The molecule has 1 aromatic carbocycles. The third-order valence-electron chi connectivity index (χ3n) is 3.14. The molecule has 0 saturated carbocycles. The number of rotatable bonds is 4. The van der Waals surface area contributed by atoms with E-state index in [-0.39, 0.29) is 11.8 Å². The molecule has 0 fully saturated rings. The number of benzene rings is 1. The number of hydrogen-bond donors (Lipinski definition) is 1. The number of hydrogen-bond acceptors (Lipinski definition) is 4. The summed E-state index contributed by atoms with van der Waals surface area (Å²) in [6.45, 7) is 5.78. The molecule has 0 aliphatic carbocycles. The van der Waals surface area contributed by atoms with Crippen LogP contribution in [0.5, 0.6) is 5.75 Å². The van der Waals surface area contributed by atoms with Crippen molar-refractivity contribution in [2.24, 2.45) is 0 Å². The van der Waals surface area contributed by atoms with Crippen LogP contribution in [0, 0.1) is 6.92 Å². The maximum Gasteiger partial charge on any atom is 0.259 e. The Labute approximate surface area is 134 Å². The molecule has 0 aliphatic rings. The molecule has 2 rings (SSSR count). The number of nitrogens with one attached hydrogen (secondary N) is 1. The predicted octanol–water partition coefficient (Wildman–Crippen LogP) is 3.82. The summed E-state index contributed by atoms with van der Waals surface area (Å²) in [4.78, 5) is 21.0. The van der Waals surface area contributed by atoms with Gasteiger partial charge in [-0.05, 0) is 25.0 Å². The molecule has 1 aromatic heterocycles. The second-order valence-corrected chi connectivity index (χ2v) is 5.58. The molecule has 1 heterocycles. The number of methoxy groups -OCH3 is 1. The smallest absolute Gasteiger partial charge is 0.259 e. The van der Waals surface area contributed by atoms with Gasteiger partial charge in [-0.25, -0.2) is 9.97 Å². The van der Waals surface area contributed by atoms with Crippen LogP contribution in [0.15, 0.2) is 24.4 Å². The maximum absolute atomic E-state index is 12.5. The van der Waals surface area contributed by atoms with E-state index in [1.165, 1.54) is 7.11 Å². The van der Waals surface area contributed by atoms with Crippen LogP contribution in [0.3, 0.4) is 0 Å². The van der Waals surface area contributed by atoms with E-state index < -0.39 is 0 Å². The van der Waals surface area contributed by atoms with Gasteiger partial charge in [0.2, 0.25) is 0 Å². The molecular formula is C16H18ClN3O2. The van der Waals surface area contributed by atoms with Gasteiger partial charge in [0.05, 0.1) is 23.4 Å². The summed E-state index contributed by atoms with van der Waals surface area (Å²) in [5.41, 5.74) is 1.79. The zero-order valence-corrected chi connectivity index (χ0v) is 13.7. The molecule has 0 atom stereocenters. The van der Waals surface area contributed by atoms with E-state index in [0.717, 1.165) is 5.69 Å². The van der Waals surface area contributed by atoms with Crippen molar-refractivity contribution in [2.45, 2.75) is 26.7 Å². The van der Waals surface area contributed by atoms with Crippen molar-refractivity contribution in [3.05, 3.63) is 46.5 Å². The second kappa shape index (κ2) is 6.75. The minimum Gasteiger partial charge on any atom is -0.495 e. The molecule has 6 heteroatoms. The summed E-state index contributed by atoms with van der Waals surface area (Å²) in [6, 6.07) is 5.06. The average molecular weight is 320 g/mol. The second-order valence-electron chi connectivity index (χ2n) is 5.17. The Kier molecular flexibility index (Phi) is 4.98. The van der Waals surface area contributed by atoms with Crippen LogP contribution in [0.2, 0.25) is 5.02 Å². The van der Waals surface area contributed by atoms with E-state index >= 15 is 0 Å². The van der Waals surface area contributed by atoms with Crippen molar-refractivity contribution < 1.29 is 9.53 Å². The van der Waals surface area contributed by atoms with Crippen LogP contribution in [-0.2, 0) is 0 Å². The van der Waals surface area contributed by atoms with Crippen molar-refractivity contribution in [2.75, 3.05) is 12.4 Å². The van der Waals surface area contributed by atoms with Gasteiger partial charge in [-0.3, -0.25) is 4.79 Å². The molecule has 116 valence electrons. The Morgan fingerprint density at radius 1 is 1.36 bits per heavy atom. The molecule has 0 aliphatic heterocycles. The highest BCUT2D eigenvalue weighted by atomic mass is 35.5. The largest absolute Gasteiger partial charge is 0.495 e. The molecule has 1 N–H and O–H groups in total. The summed E-state index contributed by atoms with van der Waals surface area (Å²) < 4.78 is 5.14. The number of nitrogens with zero attached hydrogens (tertiary/aromatic N) is 2. The Bertz CT molecular complexity index is 702. The van der Waals surface area contributed by atoms with E-state index in [0.29, 0.717) is 27.8 Å². The zero-order chi connectivity index (χ0) is 16.3. The van der Waals surface area contributed by atoms with Crippen LogP contribution in [0.1, 0.15) is 41.6 Å². The number of aryl methyl sites for hydroxylation is 1. The SMILES string of the molecule is COc1cc(NC(=O)c2cnc(C)nc2C(C)C)ccc1Cl. The fraction of sp³-hybridized carbons (Fsp3) is 0.312. The van der Waals surface area contributed by atoms with Crippen LogP contribution in [0.25, 0.3) is 0 Å². The van der Waals surface area contributed by atoms with Crippen LogP contribution in [0.4, 0.5) is 5.69 Å². The number of anilines is 1. The van der Waals surface area contributed by atoms with Gasteiger partial charge >= 0.3 is 0 Å². The van der Waals surface area contributed by atoms with Gasteiger partial charge in [-0.1, -0.05) is 25.4 Å². The van der Waals surface area contributed by atoms with Gasteiger partial charge in [0, 0.05) is 18.0 Å². The van der Waals surface area contributed by atoms with E-state index in [4.69, 9.17) is 16.3 Å². The highest BCUT2D eigenvalue weighted by Gasteiger charge is 2.17. The molecule has 0 spiro atoms. The molecular weight excluding hydrogens is 302 g/mol. The van der Waals surface area contributed by atoms with Gasteiger partial charge in [0.25, 0.3) is 5.91 Å². The van der Waals surface area contributed by atoms with Crippen LogP contribution >= 0.6 is 11.6 Å². The Hall–Kier alpha value is -2.14.